The highest BCUT2D eigenvalue weighted by Gasteiger charge is 2.31. The number of halogens is 3. The normalized spacial score (nSPS) is 13.9. The van der Waals surface area contributed by atoms with Crippen molar-refractivity contribution in [3.05, 3.63) is 18.0 Å². The Balaban J connectivity index is 2.59. The van der Waals surface area contributed by atoms with E-state index in [1.807, 2.05) is 6.92 Å². The minimum atomic E-state index is -4.13. The molecule has 1 aromatic rings. The van der Waals surface area contributed by atoms with Crippen LogP contribution in [0.15, 0.2) is 12.4 Å². The molecule has 0 aliphatic heterocycles. The van der Waals surface area contributed by atoms with Gasteiger partial charge in [-0.05, 0) is 25.5 Å². The predicted octanol–water partition coefficient (Wildman–Crippen LogP) is 2.38. The maximum absolute atomic E-state index is 12.3. The van der Waals surface area contributed by atoms with Crippen LogP contribution in [0, 0.1) is 0 Å². The summed E-state index contributed by atoms with van der Waals surface area (Å²) in [5.41, 5.74) is 0.835. The number of aryl methyl sites for hydroxylation is 1. The standard InChI is InChI=1S/C11H18F3N3/c1-3-15-10(6-11(12,13)14)5-9-7-16-17(4-2)8-9/h7-8,10,15H,3-6H2,1-2H3. The van der Waals surface area contributed by atoms with Crippen molar-refractivity contribution in [1.29, 1.82) is 0 Å². The third-order valence-electron chi connectivity index (χ3n) is 2.46. The van der Waals surface area contributed by atoms with E-state index in [0.29, 0.717) is 13.0 Å². The van der Waals surface area contributed by atoms with Gasteiger partial charge in [-0.25, -0.2) is 0 Å². The van der Waals surface area contributed by atoms with E-state index in [4.69, 9.17) is 0 Å². The van der Waals surface area contributed by atoms with Crippen molar-refractivity contribution in [1.82, 2.24) is 15.1 Å². The van der Waals surface area contributed by atoms with Gasteiger partial charge < -0.3 is 5.32 Å². The molecule has 0 saturated heterocycles. The summed E-state index contributed by atoms with van der Waals surface area (Å²) in [4.78, 5) is 0. The molecule has 1 atom stereocenters. The van der Waals surface area contributed by atoms with E-state index in [1.54, 1.807) is 24.0 Å². The van der Waals surface area contributed by atoms with Crippen molar-refractivity contribution in [3.8, 4) is 0 Å². The SMILES string of the molecule is CCNC(Cc1cnn(CC)c1)CC(F)(F)F. The fraction of sp³-hybridized carbons (Fsp3) is 0.727. The second-order valence-electron chi connectivity index (χ2n) is 3.98. The molecular weight excluding hydrogens is 231 g/mol. The minimum Gasteiger partial charge on any atom is -0.314 e. The van der Waals surface area contributed by atoms with Gasteiger partial charge in [0.25, 0.3) is 0 Å². The van der Waals surface area contributed by atoms with Gasteiger partial charge >= 0.3 is 6.18 Å². The van der Waals surface area contributed by atoms with Crippen LogP contribution in [0.25, 0.3) is 0 Å². The number of hydrogen-bond donors (Lipinski definition) is 1. The van der Waals surface area contributed by atoms with Gasteiger partial charge in [0.1, 0.15) is 0 Å². The van der Waals surface area contributed by atoms with Gasteiger partial charge in [-0.2, -0.15) is 18.3 Å². The molecule has 0 aliphatic carbocycles. The van der Waals surface area contributed by atoms with Gasteiger partial charge in [0.2, 0.25) is 0 Å². The molecule has 1 N–H and O–H groups in total. The predicted molar refractivity (Wildman–Crippen MR) is 59.7 cm³/mol. The quantitative estimate of drug-likeness (QED) is 0.838. The highest BCUT2D eigenvalue weighted by atomic mass is 19.4. The fourth-order valence-corrected chi connectivity index (χ4v) is 1.75. The lowest BCUT2D eigenvalue weighted by molar-refractivity contribution is -0.139. The highest BCUT2D eigenvalue weighted by Crippen LogP contribution is 2.23. The molecule has 1 aromatic heterocycles. The molecule has 1 heterocycles. The van der Waals surface area contributed by atoms with Crippen molar-refractivity contribution in [2.75, 3.05) is 6.54 Å². The topological polar surface area (TPSA) is 29.9 Å². The fourth-order valence-electron chi connectivity index (χ4n) is 1.75. The Bertz CT molecular complexity index is 333. The average Bonchev–Trinajstić information content (AvgIpc) is 2.63. The molecule has 0 fully saturated rings. The zero-order valence-electron chi connectivity index (χ0n) is 10.1. The second-order valence-corrected chi connectivity index (χ2v) is 3.98. The minimum absolute atomic E-state index is 0.355. The van der Waals surface area contributed by atoms with Crippen LogP contribution < -0.4 is 5.32 Å². The summed E-state index contributed by atoms with van der Waals surface area (Å²) in [6, 6.07) is -0.575. The number of hydrogen-bond acceptors (Lipinski definition) is 2. The molecule has 0 aromatic carbocycles. The molecule has 6 heteroatoms. The second kappa shape index (κ2) is 6.05. The van der Waals surface area contributed by atoms with E-state index in [2.05, 4.69) is 10.4 Å². The maximum atomic E-state index is 12.3. The first-order valence-electron chi connectivity index (χ1n) is 5.76. The summed E-state index contributed by atoms with van der Waals surface area (Å²) in [5, 5.41) is 6.91. The van der Waals surface area contributed by atoms with E-state index >= 15 is 0 Å². The molecule has 1 rings (SSSR count). The molecule has 0 saturated carbocycles. The Hall–Kier alpha value is -1.04. The zero-order valence-corrected chi connectivity index (χ0v) is 10.1. The lowest BCUT2D eigenvalue weighted by atomic mass is 10.1. The summed E-state index contributed by atoms with van der Waals surface area (Å²) in [5.74, 6) is 0. The Morgan fingerprint density at radius 3 is 2.59 bits per heavy atom. The van der Waals surface area contributed by atoms with Gasteiger partial charge in [0.05, 0.1) is 12.6 Å². The van der Waals surface area contributed by atoms with Crippen molar-refractivity contribution in [2.24, 2.45) is 0 Å². The van der Waals surface area contributed by atoms with Gasteiger partial charge in [-0.1, -0.05) is 6.92 Å². The molecule has 0 radical (unpaired) electrons. The highest BCUT2D eigenvalue weighted by molar-refractivity contribution is 5.06. The summed E-state index contributed by atoms with van der Waals surface area (Å²) in [6.07, 6.45) is -1.16. The maximum Gasteiger partial charge on any atom is 0.390 e. The molecule has 0 amide bonds. The van der Waals surface area contributed by atoms with E-state index in [9.17, 15) is 13.2 Å². The van der Waals surface area contributed by atoms with E-state index in [-0.39, 0.29) is 0 Å². The van der Waals surface area contributed by atoms with Crippen molar-refractivity contribution in [3.63, 3.8) is 0 Å². The Morgan fingerprint density at radius 1 is 1.41 bits per heavy atom. The van der Waals surface area contributed by atoms with Crippen LogP contribution in [0.2, 0.25) is 0 Å². The average molecular weight is 249 g/mol. The molecule has 0 spiro atoms. The number of nitrogens with zero attached hydrogens (tertiary/aromatic N) is 2. The number of nitrogens with one attached hydrogen (secondary N) is 1. The van der Waals surface area contributed by atoms with Crippen LogP contribution in [-0.2, 0) is 13.0 Å². The monoisotopic (exact) mass is 249 g/mol. The van der Waals surface area contributed by atoms with E-state index < -0.39 is 18.6 Å². The number of rotatable bonds is 6. The van der Waals surface area contributed by atoms with Crippen LogP contribution >= 0.6 is 0 Å². The number of alkyl halides is 3. The number of aromatic nitrogens is 2. The lowest BCUT2D eigenvalue weighted by Crippen LogP contribution is -2.35. The molecule has 98 valence electrons. The molecular formula is C11H18F3N3. The van der Waals surface area contributed by atoms with E-state index in [0.717, 1.165) is 12.1 Å². The first-order chi connectivity index (χ1) is 7.94. The van der Waals surface area contributed by atoms with Crippen LogP contribution in [0.3, 0.4) is 0 Å². The molecule has 17 heavy (non-hydrogen) atoms. The summed E-state index contributed by atoms with van der Waals surface area (Å²) < 4.78 is 38.7. The Labute approximate surface area is 99.0 Å². The van der Waals surface area contributed by atoms with Crippen molar-refractivity contribution >= 4 is 0 Å². The summed E-state index contributed by atoms with van der Waals surface area (Å²) in [7, 11) is 0. The Morgan fingerprint density at radius 2 is 2.12 bits per heavy atom. The third-order valence-corrected chi connectivity index (χ3v) is 2.46. The lowest BCUT2D eigenvalue weighted by Gasteiger charge is -2.18. The van der Waals surface area contributed by atoms with Crippen LogP contribution in [-0.4, -0.2) is 28.5 Å². The smallest absolute Gasteiger partial charge is 0.314 e. The zero-order chi connectivity index (χ0) is 12.9. The van der Waals surface area contributed by atoms with Gasteiger partial charge in [0.15, 0.2) is 0 Å². The van der Waals surface area contributed by atoms with Gasteiger partial charge in [-0.3, -0.25) is 4.68 Å². The van der Waals surface area contributed by atoms with Gasteiger partial charge in [-0.15, -0.1) is 0 Å². The van der Waals surface area contributed by atoms with Crippen LogP contribution in [0.1, 0.15) is 25.8 Å². The van der Waals surface area contributed by atoms with Crippen molar-refractivity contribution < 1.29 is 13.2 Å². The molecule has 1 unspecified atom stereocenters. The first-order valence-corrected chi connectivity index (χ1v) is 5.76. The molecule has 0 bridgehead atoms. The largest absolute Gasteiger partial charge is 0.390 e. The summed E-state index contributed by atoms with van der Waals surface area (Å²) >= 11 is 0. The van der Waals surface area contributed by atoms with Crippen molar-refractivity contribution in [2.45, 2.75) is 45.5 Å². The number of likely N-dealkylation sites (N-methyl/N-ethyl adjacent to an activating group) is 1. The van der Waals surface area contributed by atoms with Gasteiger partial charge in [0, 0.05) is 18.8 Å². The first kappa shape index (κ1) is 14.0. The third kappa shape index (κ3) is 5.21. The van der Waals surface area contributed by atoms with Crippen LogP contribution in [0.5, 0.6) is 0 Å². The molecule has 3 nitrogen and oxygen atoms in total. The molecule has 0 aliphatic rings. The Kier molecular flexibility index (Phi) is 4.99. The summed E-state index contributed by atoms with van der Waals surface area (Å²) in [6.45, 7) is 5.00. The van der Waals surface area contributed by atoms with Crippen LogP contribution in [0.4, 0.5) is 13.2 Å². The van der Waals surface area contributed by atoms with E-state index in [1.165, 1.54) is 0 Å².